The zero-order valence-corrected chi connectivity index (χ0v) is 18.3. The summed E-state index contributed by atoms with van der Waals surface area (Å²) in [6, 6.07) is 14.1. The van der Waals surface area contributed by atoms with E-state index in [1.54, 1.807) is 36.4 Å². The van der Waals surface area contributed by atoms with E-state index in [9.17, 15) is 14.4 Å². The minimum atomic E-state index is -0.561. The van der Waals surface area contributed by atoms with Crippen LogP contribution >= 0.6 is 27.7 Å². The lowest BCUT2D eigenvalue weighted by Crippen LogP contribution is -2.31. The van der Waals surface area contributed by atoms with Crippen molar-refractivity contribution in [3.05, 3.63) is 53.0 Å². The van der Waals surface area contributed by atoms with Crippen LogP contribution in [0, 0.1) is 0 Å². The van der Waals surface area contributed by atoms with Crippen LogP contribution in [0.5, 0.6) is 5.75 Å². The number of carbonyl (C=O) groups excluding carboxylic acids is 3. The van der Waals surface area contributed by atoms with Crippen LogP contribution in [0.25, 0.3) is 0 Å². The molecule has 8 heteroatoms. The number of anilines is 2. The normalized spacial score (nSPS) is 16.2. The first-order valence-electron chi connectivity index (χ1n) is 9.24. The third-order valence-electron chi connectivity index (χ3n) is 4.22. The standard InChI is InChI=1S/C21H21BrN2O4S/c1-2-11-28-17-9-7-16(8-10-17)24-20(26)12-18(21(24)27)29-13-19(25)23-15-5-3-14(22)4-6-15/h3-10,18H,2,11-13H2,1H3,(H,23,25). The van der Waals surface area contributed by atoms with Crippen LogP contribution in [-0.4, -0.2) is 35.3 Å². The van der Waals surface area contributed by atoms with Gasteiger partial charge in [-0.3, -0.25) is 14.4 Å². The molecular weight excluding hydrogens is 456 g/mol. The Hall–Kier alpha value is -2.32. The van der Waals surface area contributed by atoms with Gasteiger partial charge in [0.2, 0.25) is 17.7 Å². The fourth-order valence-electron chi connectivity index (χ4n) is 2.82. The van der Waals surface area contributed by atoms with Crippen molar-refractivity contribution in [2.75, 3.05) is 22.6 Å². The second-order valence-corrected chi connectivity index (χ2v) is 8.58. The summed E-state index contributed by atoms with van der Waals surface area (Å²) in [4.78, 5) is 38.4. The number of hydrogen-bond acceptors (Lipinski definition) is 5. The van der Waals surface area contributed by atoms with E-state index in [-0.39, 0.29) is 29.9 Å². The Morgan fingerprint density at radius 2 is 1.86 bits per heavy atom. The molecule has 6 nitrogen and oxygen atoms in total. The van der Waals surface area contributed by atoms with Gasteiger partial charge in [0.25, 0.3) is 0 Å². The number of rotatable bonds is 8. The molecule has 2 aromatic carbocycles. The summed E-state index contributed by atoms with van der Waals surface area (Å²) in [6.45, 7) is 2.63. The van der Waals surface area contributed by atoms with Gasteiger partial charge in [-0.25, -0.2) is 4.90 Å². The first-order chi connectivity index (χ1) is 14.0. The maximum Gasteiger partial charge on any atom is 0.247 e. The predicted molar refractivity (Wildman–Crippen MR) is 118 cm³/mol. The first-order valence-corrected chi connectivity index (χ1v) is 11.1. The lowest BCUT2D eigenvalue weighted by molar-refractivity contribution is -0.121. The zero-order valence-electron chi connectivity index (χ0n) is 15.9. The number of carbonyl (C=O) groups is 3. The summed E-state index contributed by atoms with van der Waals surface area (Å²) >= 11 is 4.52. The molecule has 1 aliphatic rings. The number of nitrogens with one attached hydrogen (secondary N) is 1. The lowest BCUT2D eigenvalue weighted by Gasteiger charge is -2.15. The molecule has 3 amide bonds. The van der Waals surface area contributed by atoms with E-state index in [0.29, 0.717) is 23.7 Å². The van der Waals surface area contributed by atoms with Crippen molar-refractivity contribution in [2.24, 2.45) is 0 Å². The molecule has 1 unspecified atom stereocenters. The Balaban J connectivity index is 1.55. The molecule has 152 valence electrons. The number of nitrogens with zero attached hydrogens (tertiary/aromatic N) is 1. The van der Waals surface area contributed by atoms with Gasteiger partial charge in [0.05, 0.1) is 23.3 Å². The maximum absolute atomic E-state index is 12.7. The molecule has 1 N–H and O–H groups in total. The van der Waals surface area contributed by atoms with Gasteiger partial charge in [-0.05, 0) is 55.0 Å². The third kappa shape index (κ3) is 5.61. The highest BCUT2D eigenvalue weighted by molar-refractivity contribution is 9.10. The van der Waals surface area contributed by atoms with Crippen LogP contribution in [0.4, 0.5) is 11.4 Å². The molecule has 1 fully saturated rings. The molecule has 1 saturated heterocycles. The van der Waals surface area contributed by atoms with E-state index < -0.39 is 5.25 Å². The van der Waals surface area contributed by atoms with Crippen molar-refractivity contribution < 1.29 is 19.1 Å². The van der Waals surface area contributed by atoms with Crippen molar-refractivity contribution >= 4 is 56.8 Å². The van der Waals surface area contributed by atoms with E-state index in [1.807, 2.05) is 19.1 Å². The molecule has 0 saturated carbocycles. The van der Waals surface area contributed by atoms with Crippen molar-refractivity contribution in [2.45, 2.75) is 25.0 Å². The SMILES string of the molecule is CCCOc1ccc(N2C(=O)CC(SCC(=O)Nc3ccc(Br)cc3)C2=O)cc1. The number of halogens is 1. The molecule has 2 aromatic rings. The summed E-state index contributed by atoms with van der Waals surface area (Å²) in [5, 5.41) is 2.22. The van der Waals surface area contributed by atoms with Crippen LogP contribution in [0.1, 0.15) is 19.8 Å². The molecule has 0 spiro atoms. The summed E-state index contributed by atoms with van der Waals surface area (Å²) in [5.41, 5.74) is 1.20. The average Bonchev–Trinajstić information content (AvgIpc) is 3.00. The summed E-state index contributed by atoms with van der Waals surface area (Å²) in [7, 11) is 0. The summed E-state index contributed by atoms with van der Waals surface area (Å²) in [6.07, 6.45) is 0.988. The minimum Gasteiger partial charge on any atom is -0.494 e. The van der Waals surface area contributed by atoms with Crippen molar-refractivity contribution in [3.8, 4) is 5.75 Å². The maximum atomic E-state index is 12.7. The van der Waals surface area contributed by atoms with Crippen LogP contribution in [0.15, 0.2) is 53.0 Å². The molecule has 1 heterocycles. The predicted octanol–water partition coefficient (Wildman–Crippen LogP) is 4.24. The Bertz CT molecular complexity index is 887. The van der Waals surface area contributed by atoms with Crippen molar-refractivity contribution in [1.82, 2.24) is 0 Å². The largest absolute Gasteiger partial charge is 0.494 e. The van der Waals surface area contributed by atoms with Crippen LogP contribution in [0.3, 0.4) is 0 Å². The smallest absolute Gasteiger partial charge is 0.247 e. The Kier molecular flexibility index (Phi) is 7.33. The van der Waals surface area contributed by atoms with Gasteiger partial charge in [-0.15, -0.1) is 11.8 Å². The fourth-order valence-corrected chi connectivity index (χ4v) is 4.02. The summed E-state index contributed by atoms with van der Waals surface area (Å²) < 4.78 is 6.45. The van der Waals surface area contributed by atoms with E-state index in [4.69, 9.17) is 4.74 Å². The highest BCUT2D eigenvalue weighted by Gasteiger charge is 2.40. The lowest BCUT2D eigenvalue weighted by atomic mass is 10.3. The minimum absolute atomic E-state index is 0.0865. The van der Waals surface area contributed by atoms with Gasteiger partial charge in [0.15, 0.2) is 0 Å². The van der Waals surface area contributed by atoms with E-state index in [0.717, 1.165) is 10.9 Å². The highest BCUT2D eigenvalue weighted by Crippen LogP contribution is 2.30. The average molecular weight is 477 g/mol. The first kappa shape index (κ1) is 21.4. The van der Waals surface area contributed by atoms with Gasteiger partial charge in [0, 0.05) is 16.6 Å². The second-order valence-electron chi connectivity index (χ2n) is 6.47. The molecule has 3 rings (SSSR count). The van der Waals surface area contributed by atoms with Crippen molar-refractivity contribution in [3.63, 3.8) is 0 Å². The van der Waals surface area contributed by atoms with Crippen LogP contribution in [0.2, 0.25) is 0 Å². The van der Waals surface area contributed by atoms with Gasteiger partial charge < -0.3 is 10.1 Å². The van der Waals surface area contributed by atoms with Gasteiger partial charge in [0.1, 0.15) is 5.75 Å². The Morgan fingerprint density at radius 1 is 1.17 bits per heavy atom. The molecule has 1 aliphatic heterocycles. The highest BCUT2D eigenvalue weighted by atomic mass is 79.9. The monoisotopic (exact) mass is 476 g/mol. The van der Waals surface area contributed by atoms with Crippen molar-refractivity contribution in [1.29, 1.82) is 0 Å². The Labute approximate surface area is 182 Å². The van der Waals surface area contributed by atoms with E-state index in [1.165, 1.54) is 16.7 Å². The number of imide groups is 1. The molecule has 1 atom stereocenters. The molecule has 0 aromatic heterocycles. The fraction of sp³-hybridized carbons (Fsp3) is 0.286. The van der Waals surface area contributed by atoms with Crippen LogP contribution < -0.4 is 15.0 Å². The van der Waals surface area contributed by atoms with E-state index in [2.05, 4.69) is 21.2 Å². The molecule has 0 radical (unpaired) electrons. The summed E-state index contributed by atoms with van der Waals surface area (Å²) in [5.74, 6) is 0.0255. The topological polar surface area (TPSA) is 75.7 Å². The molecular formula is C21H21BrN2O4S. The number of hydrogen-bond donors (Lipinski definition) is 1. The molecule has 29 heavy (non-hydrogen) atoms. The Morgan fingerprint density at radius 3 is 2.52 bits per heavy atom. The van der Waals surface area contributed by atoms with Gasteiger partial charge in [-0.2, -0.15) is 0 Å². The third-order valence-corrected chi connectivity index (χ3v) is 5.94. The molecule has 0 bridgehead atoms. The number of ether oxygens (including phenoxy) is 1. The van der Waals surface area contributed by atoms with E-state index >= 15 is 0 Å². The number of amides is 3. The quantitative estimate of drug-likeness (QED) is 0.576. The van der Waals surface area contributed by atoms with Gasteiger partial charge >= 0.3 is 0 Å². The van der Waals surface area contributed by atoms with Gasteiger partial charge in [-0.1, -0.05) is 22.9 Å². The molecule has 0 aliphatic carbocycles. The second kappa shape index (κ2) is 9.93. The zero-order chi connectivity index (χ0) is 20.8. The number of benzene rings is 2. The van der Waals surface area contributed by atoms with Crippen LogP contribution in [-0.2, 0) is 14.4 Å². The number of thioether (sulfide) groups is 1.